The van der Waals surface area contributed by atoms with E-state index in [1.165, 1.54) is 6.92 Å². The molecule has 110 valence electrons. The van der Waals surface area contributed by atoms with Gasteiger partial charge in [0.25, 0.3) is 0 Å². The number of carbonyl (C=O) groups is 2. The lowest BCUT2D eigenvalue weighted by Gasteiger charge is -2.18. The van der Waals surface area contributed by atoms with Crippen LogP contribution in [0, 0.1) is 0 Å². The van der Waals surface area contributed by atoms with Gasteiger partial charge in [-0.1, -0.05) is 0 Å². The Morgan fingerprint density at radius 3 is 2.37 bits per heavy atom. The number of likely N-dealkylation sites (tertiary alicyclic amines) is 1. The van der Waals surface area contributed by atoms with Crippen LogP contribution < -0.4 is 10.6 Å². The maximum atomic E-state index is 11.9. The molecule has 0 radical (unpaired) electrons. The van der Waals surface area contributed by atoms with Crippen LogP contribution in [-0.4, -0.2) is 55.1 Å². The lowest BCUT2D eigenvalue weighted by Crippen LogP contribution is -2.48. The van der Waals surface area contributed by atoms with E-state index >= 15 is 0 Å². The normalized spacial score (nSPS) is 17.4. The third-order valence-corrected chi connectivity index (χ3v) is 2.87. The van der Waals surface area contributed by atoms with Crippen LogP contribution in [0.15, 0.2) is 0 Å². The smallest absolute Gasteiger partial charge is 0.346 e. The van der Waals surface area contributed by atoms with Crippen molar-refractivity contribution >= 4 is 11.8 Å². The summed E-state index contributed by atoms with van der Waals surface area (Å²) in [5, 5.41) is 4.39. The van der Waals surface area contributed by atoms with E-state index in [0.29, 0.717) is 13.1 Å². The molecule has 8 heteroatoms. The van der Waals surface area contributed by atoms with Crippen molar-refractivity contribution in [1.29, 1.82) is 0 Å². The molecule has 1 unspecified atom stereocenters. The standard InChI is InChI=1S/C11H18F3N3O2/c1-8(10(19)16-7-11(12,13)14)15-6-9(18)17-4-2-3-5-17/h8,15H,2-7H2,1H3,(H,16,19). The van der Waals surface area contributed by atoms with Gasteiger partial charge in [-0.25, -0.2) is 0 Å². The first kappa shape index (κ1) is 15.7. The molecule has 1 heterocycles. The summed E-state index contributed by atoms with van der Waals surface area (Å²) in [6, 6.07) is -0.839. The maximum absolute atomic E-state index is 11.9. The second kappa shape index (κ2) is 6.74. The summed E-state index contributed by atoms with van der Waals surface area (Å²) in [4.78, 5) is 24.6. The zero-order valence-electron chi connectivity index (χ0n) is 10.7. The van der Waals surface area contributed by atoms with Crippen molar-refractivity contribution < 1.29 is 22.8 Å². The van der Waals surface area contributed by atoms with Crippen LogP contribution in [0.4, 0.5) is 13.2 Å². The highest BCUT2D eigenvalue weighted by Crippen LogP contribution is 2.12. The molecule has 0 aromatic heterocycles. The van der Waals surface area contributed by atoms with Gasteiger partial charge in [0, 0.05) is 13.1 Å². The monoisotopic (exact) mass is 281 g/mol. The summed E-state index contributed by atoms with van der Waals surface area (Å²) in [6.07, 6.45) is -2.50. The lowest BCUT2D eigenvalue weighted by atomic mass is 10.3. The van der Waals surface area contributed by atoms with Gasteiger partial charge in [-0.3, -0.25) is 14.9 Å². The second-order valence-electron chi connectivity index (χ2n) is 4.52. The average Bonchev–Trinajstić information content (AvgIpc) is 2.85. The van der Waals surface area contributed by atoms with Crippen LogP contribution in [0.2, 0.25) is 0 Å². The van der Waals surface area contributed by atoms with Gasteiger partial charge in [0.15, 0.2) is 0 Å². The van der Waals surface area contributed by atoms with Crippen LogP contribution in [-0.2, 0) is 9.59 Å². The van der Waals surface area contributed by atoms with E-state index in [0.717, 1.165) is 12.8 Å². The largest absolute Gasteiger partial charge is 0.405 e. The molecule has 1 fully saturated rings. The second-order valence-corrected chi connectivity index (χ2v) is 4.52. The predicted molar refractivity (Wildman–Crippen MR) is 62.3 cm³/mol. The lowest BCUT2D eigenvalue weighted by molar-refractivity contribution is -0.139. The van der Waals surface area contributed by atoms with E-state index < -0.39 is 24.7 Å². The van der Waals surface area contributed by atoms with Crippen molar-refractivity contribution in [3.8, 4) is 0 Å². The van der Waals surface area contributed by atoms with Crippen molar-refractivity contribution in [1.82, 2.24) is 15.5 Å². The molecule has 1 aliphatic rings. The fraction of sp³-hybridized carbons (Fsp3) is 0.818. The third kappa shape index (κ3) is 5.91. The van der Waals surface area contributed by atoms with Crippen LogP contribution in [0.3, 0.4) is 0 Å². The Labute approximate surface area is 109 Å². The Kier molecular flexibility index (Phi) is 5.59. The number of amides is 2. The van der Waals surface area contributed by atoms with Crippen LogP contribution in [0.5, 0.6) is 0 Å². The van der Waals surface area contributed by atoms with E-state index in [4.69, 9.17) is 0 Å². The zero-order valence-corrected chi connectivity index (χ0v) is 10.7. The fourth-order valence-electron chi connectivity index (χ4n) is 1.75. The van der Waals surface area contributed by atoms with Crippen LogP contribution >= 0.6 is 0 Å². The molecule has 2 N–H and O–H groups in total. The molecular weight excluding hydrogens is 263 g/mol. The summed E-state index contributed by atoms with van der Waals surface area (Å²) in [6.45, 7) is 1.42. The molecular formula is C11H18F3N3O2. The first-order valence-electron chi connectivity index (χ1n) is 6.15. The van der Waals surface area contributed by atoms with E-state index in [1.807, 2.05) is 0 Å². The van der Waals surface area contributed by atoms with Gasteiger partial charge in [0.05, 0.1) is 12.6 Å². The summed E-state index contributed by atoms with van der Waals surface area (Å²) in [5.41, 5.74) is 0. The summed E-state index contributed by atoms with van der Waals surface area (Å²) in [5.74, 6) is -0.903. The number of hydrogen-bond acceptors (Lipinski definition) is 3. The molecule has 0 aromatic carbocycles. The third-order valence-electron chi connectivity index (χ3n) is 2.87. The fourth-order valence-corrected chi connectivity index (χ4v) is 1.75. The van der Waals surface area contributed by atoms with Crippen LogP contribution in [0.1, 0.15) is 19.8 Å². The van der Waals surface area contributed by atoms with E-state index in [-0.39, 0.29) is 12.5 Å². The first-order chi connectivity index (χ1) is 8.79. The molecule has 0 spiro atoms. The number of carbonyl (C=O) groups excluding carboxylic acids is 2. The molecule has 0 bridgehead atoms. The molecule has 1 aliphatic heterocycles. The molecule has 0 aromatic rings. The Bertz CT molecular complexity index is 328. The minimum absolute atomic E-state index is 0.0411. The van der Waals surface area contributed by atoms with Gasteiger partial charge in [-0.15, -0.1) is 0 Å². The molecule has 0 aliphatic carbocycles. The summed E-state index contributed by atoms with van der Waals surface area (Å²) < 4.78 is 35.7. The Morgan fingerprint density at radius 2 is 1.84 bits per heavy atom. The Hall–Kier alpha value is -1.31. The van der Waals surface area contributed by atoms with Gasteiger partial charge >= 0.3 is 6.18 Å². The quantitative estimate of drug-likeness (QED) is 0.760. The number of rotatable bonds is 5. The number of alkyl halides is 3. The van der Waals surface area contributed by atoms with Crippen molar-refractivity contribution in [3.05, 3.63) is 0 Å². The number of nitrogens with zero attached hydrogens (tertiary/aromatic N) is 1. The number of nitrogens with one attached hydrogen (secondary N) is 2. The van der Waals surface area contributed by atoms with E-state index in [1.54, 1.807) is 10.2 Å². The molecule has 1 saturated heterocycles. The van der Waals surface area contributed by atoms with Gasteiger partial charge in [0.1, 0.15) is 6.54 Å². The Balaban J connectivity index is 2.24. The van der Waals surface area contributed by atoms with Crippen LogP contribution in [0.25, 0.3) is 0 Å². The van der Waals surface area contributed by atoms with Gasteiger partial charge < -0.3 is 10.2 Å². The van der Waals surface area contributed by atoms with Gasteiger partial charge in [0.2, 0.25) is 11.8 Å². The molecule has 1 rings (SSSR count). The minimum Gasteiger partial charge on any atom is -0.346 e. The highest BCUT2D eigenvalue weighted by Gasteiger charge is 2.28. The predicted octanol–water partition coefficient (Wildman–Crippen LogP) is 0.265. The maximum Gasteiger partial charge on any atom is 0.405 e. The summed E-state index contributed by atoms with van der Waals surface area (Å²) >= 11 is 0. The van der Waals surface area contributed by atoms with Gasteiger partial charge in [-0.2, -0.15) is 13.2 Å². The average molecular weight is 281 g/mol. The number of hydrogen-bond donors (Lipinski definition) is 2. The first-order valence-corrected chi connectivity index (χ1v) is 6.15. The summed E-state index contributed by atoms with van der Waals surface area (Å²) in [7, 11) is 0. The highest BCUT2D eigenvalue weighted by molar-refractivity contribution is 5.83. The van der Waals surface area contributed by atoms with E-state index in [9.17, 15) is 22.8 Å². The topological polar surface area (TPSA) is 61.4 Å². The molecule has 5 nitrogen and oxygen atoms in total. The molecule has 1 atom stereocenters. The highest BCUT2D eigenvalue weighted by atomic mass is 19.4. The van der Waals surface area contributed by atoms with Crippen molar-refractivity contribution in [2.75, 3.05) is 26.2 Å². The van der Waals surface area contributed by atoms with Crippen molar-refractivity contribution in [2.24, 2.45) is 0 Å². The molecule has 0 saturated carbocycles. The molecule has 19 heavy (non-hydrogen) atoms. The van der Waals surface area contributed by atoms with Gasteiger partial charge in [-0.05, 0) is 19.8 Å². The van der Waals surface area contributed by atoms with E-state index in [2.05, 4.69) is 5.32 Å². The zero-order chi connectivity index (χ0) is 14.5. The Morgan fingerprint density at radius 1 is 1.26 bits per heavy atom. The number of halogens is 3. The SMILES string of the molecule is CC(NCC(=O)N1CCCC1)C(=O)NCC(F)(F)F. The minimum atomic E-state index is -4.43. The molecule has 2 amide bonds. The van der Waals surface area contributed by atoms with Crippen molar-refractivity contribution in [2.45, 2.75) is 32.0 Å². The van der Waals surface area contributed by atoms with Crippen molar-refractivity contribution in [3.63, 3.8) is 0 Å².